The number of thioether (sulfide) groups is 1. The van der Waals surface area contributed by atoms with E-state index in [2.05, 4.69) is 20.5 Å². The number of carbonyl (C=O) groups excluding carboxylic acids is 1. The zero-order valence-corrected chi connectivity index (χ0v) is 19.5. The Bertz CT molecular complexity index is 1210. The van der Waals surface area contributed by atoms with Crippen LogP contribution in [0.15, 0.2) is 47.6 Å². The first-order chi connectivity index (χ1) is 14.9. The van der Waals surface area contributed by atoms with Gasteiger partial charge in [0.05, 0.1) is 21.0 Å². The van der Waals surface area contributed by atoms with E-state index in [0.29, 0.717) is 26.9 Å². The molecule has 31 heavy (non-hydrogen) atoms. The van der Waals surface area contributed by atoms with Crippen LogP contribution < -0.4 is 10.1 Å². The summed E-state index contributed by atoms with van der Waals surface area (Å²) >= 11 is 8.98. The summed E-state index contributed by atoms with van der Waals surface area (Å²) in [6, 6.07) is 13.4. The van der Waals surface area contributed by atoms with Crippen molar-refractivity contribution in [3.63, 3.8) is 0 Å². The van der Waals surface area contributed by atoms with Gasteiger partial charge in [0.1, 0.15) is 5.75 Å². The summed E-state index contributed by atoms with van der Waals surface area (Å²) in [6.45, 7) is 3.86. The number of aromatic nitrogens is 4. The molecule has 0 spiro atoms. The normalized spacial score (nSPS) is 12.1. The van der Waals surface area contributed by atoms with Crippen molar-refractivity contribution >= 4 is 56.0 Å². The zero-order chi connectivity index (χ0) is 22.0. The molecule has 0 aliphatic rings. The summed E-state index contributed by atoms with van der Waals surface area (Å²) in [6.07, 6.45) is -0.359. The Balaban J connectivity index is 1.37. The molecular weight excluding hydrogens is 454 g/mol. The van der Waals surface area contributed by atoms with E-state index in [4.69, 9.17) is 16.3 Å². The number of thiazole rings is 1. The molecule has 0 aliphatic carbocycles. The second-order valence-electron chi connectivity index (χ2n) is 6.92. The molecule has 0 fully saturated rings. The lowest BCUT2D eigenvalue weighted by Gasteiger charge is -2.15. The van der Waals surface area contributed by atoms with Crippen molar-refractivity contribution in [1.82, 2.24) is 19.7 Å². The van der Waals surface area contributed by atoms with E-state index in [1.54, 1.807) is 6.07 Å². The summed E-state index contributed by atoms with van der Waals surface area (Å²) in [5.41, 5.74) is 1.93. The first-order valence-corrected chi connectivity index (χ1v) is 11.7. The van der Waals surface area contributed by atoms with Gasteiger partial charge in [0.25, 0.3) is 0 Å². The minimum atomic E-state index is -0.359. The average Bonchev–Trinajstić information content (AvgIpc) is 3.31. The highest BCUT2D eigenvalue weighted by Crippen LogP contribution is 2.30. The lowest BCUT2D eigenvalue weighted by atomic mass is 10.2. The topological polar surface area (TPSA) is 81.9 Å². The van der Waals surface area contributed by atoms with Gasteiger partial charge in [0.2, 0.25) is 5.91 Å². The Hall–Kier alpha value is -2.62. The maximum Gasteiger partial charge on any atom is 0.236 e. The van der Waals surface area contributed by atoms with Gasteiger partial charge in [0.15, 0.2) is 22.2 Å². The van der Waals surface area contributed by atoms with Gasteiger partial charge in [-0.2, -0.15) is 0 Å². The molecule has 10 heteroatoms. The van der Waals surface area contributed by atoms with Crippen molar-refractivity contribution in [2.45, 2.75) is 25.1 Å². The van der Waals surface area contributed by atoms with Crippen LogP contribution in [0.5, 0.6) is 5.75 Å². The van der Waals surface area contributed by atoms with Crippen LogP contribution >= 0.6 is 34.7 Å². The van der Waals surface area contributed by atoms with Crippen LogP contribution in [-0.4, -0.2) is 31.4 Å². The Morgan fingerprint density at radius 1 is 1.29 bits per heavy atom. The lowest BCUT2D eigenvalue weighted by molar-refractivity contribution is -0.113. The Morgan fingerprint density at radius 2 is 2.10 bits per heavy atom. The second kappa shape index (κ2) is 9.25. The number of amides is 1. The van der Waals surface area contributed by atoms with E-state index in [0.717, 1.165) is 15.8 Å². The van der Waals surface area contributed by atoms with Crippen molar-refractivity contribution < 1.29 is 9.53 Å². The molecule has 1 atom stereocenters. The summed E-state index contributed by atoms with van der Waals surface area (Å²) in [5, 5.41) is 13.0. The van der Waals surface area contributed by atoms with Crippen LogP contribution in [0.4, 0.5) is 5.13 Å². The van der Waals surface area contributed by atoms with Gasteiger partial charge in [0, 0.05) is 7.05 Å². The molecular formula is C21H20ClN5O2S2. The molecule has 1 amide bonds. The molecule has 0 bridgehead atoms. The molecule has 160 valence electrons. The number of para-hydroxylation sites is 1. The number of anilines is 1. The highest BCUT2D eigenvalue weighted by atomic mass is 35.5. The SMILES string of the molecule is Cc1ccc(Cl)c(OC(C)c2nnc(SCC(=O)Nc3nc4ccccc4s3)n2C)c1. The lowest BCUT2D eigenvalue weighted by Crippen LogP contribution is -2.14. The van der Waals surface area contributed by atoms with E-state index in [1.165, 1.54) is 23.1 Å². The third-order valence-corrected chi connectivity index (χ3v) is 6.78. The van der Waals surface area contributed by atoms with Crippen molar-refractivity contribution in [2.24, 2.45) is 7.05 Å². The maximum absolute atomic E-state index is 12.4. The number of ether oxygens (including phenoxy) is 1. The van der Waals surface area contributed by atoms with Crippen LogP contribution in [-0.2, 0) is 11.8 Å². The minimum absolute atomic E-state index is 0.149. The van der Waals surface area contributed by atoms with Crippen LogP contribution in [0.1, 0.15) is 24.4 Å². The van der Waals surface area contributed by atoms with Crippen molar-refractivity contribution in [3.8, 4) is 5.75 Å². The van der Waals surface area contributed by atoms with Gasteiger partial charge >= 0.3 is 0 Å². The number of hydrogen-bond donors (Lipinski definition) is 1. The van der Waals surface area contributed by atoms with Gasteiger partial charge < -0.3 is 14.6 Å². The summed E-state index contributed by atoms with van der Waals surface area (Å²) in [7, 11) is 1.85. The van der Waals surface area contributed by atoms with Gasteiger partial charge in [-0.1, -0.05) is 52.9 Å². The van der Waals surface area contributed by atoms with E-state index >= 15 is 0 Å². The summed E-state index contributed by atoms with van der Waals surface area (Å²) in [5.74, 6) is 1.29. The quantitative estimate of drug-likeness (QED) is 0.369. The number of nitrogens with zero attached hydrogens (tertiary/aromatic N) is 4. The molecule has 4 rings (SSSR count). The molecule has 2 heterocycles. The fourth-order valence-corrected chi connectivity index (χ4v) is 4.72. The molecule has 7 nitrogen and oxygen atoms in total. The fraction of sp³-hybridized carbons (Fsp3) is 0.238. The van der Waals surface area contributed by atoms with Crippen LogP contribution in [0.25, 0.3) is 10.2 Å². The molecule has 4 aromatic rings. The largest absolute Gasteiger partial charge is 0.481 e. The monoisotopic (exact) mass is 473 g/mol. The van der Waals surface area contributed by atoms with Crippen LogP contribution in [0, 0.1) is 6.92 Å². The number of benzene rings is 2. The second-order valence-corrected chi connectivity index (χ2v) is 9.30. The van der Waals surface area contributed by atoms with Crippen molar-refractivity contribution in [1.29, 1.82) is 0 Å². The number of rotatable bonds is 7. The predicted molar refractivity (Wildman–Crippen MR) is 125 cm³/mol. The van der Waals surface area contributed by atoms with Crippen molar-refractivity contribution in [2.75, 3.05) is 11.1 Å². The molecule has 0 radical (unpaired) electrons. The van der Waals surface area contributed by atoms with Crippen molar-refractivity contribution in [3.05, 3.63) is 58.9 Å². The summed E-state index contributed by atoms with van der Waals surface area (Å²) < 4.78 is 8.85. The van der Waals surface area contributed by atoms with Gasteiger partial charge in [-0.15, -0.1) is 10.2 Å². The van der Waals surface area contributed by atoms with Gasteiger partial charge in [-0.3, -0.25) is 4.79 Å². The zero-order valence-electron chi connectivity index (χ0n) is 17.1. The van der Waals surface area contributed by atoms with Gasteiger partial charge in [-0.05, 0) is 43.7 Å². The Morgan fingerprint density at radius 3 is 2.90 bits per heavy atom. The van der Waals surface area contributed by atoms with Crippen LogP contribution in [0.2, 0.25) is 5.02 Å². The number of hydrogen-bond acceptors (Lipinski definition) is 7. The van der Waals surface area contributed by atoms with Crippen LogP contribution in [0.3, 0.4) is 0 Å². The predicted octanol–water partition coefficient (Wildman–Crippen LogP) is 5.26. The number of halogens is 1. The standard InChI is InChI=1S/C21H20ClN5O2S2/c1-12-8-9-14(22)16(10-12)29-13(2)19-25-26-21(27(19)3)30-11-18(28)24-20-23-15-6-4-5-7-17(15)31-20/h4-10,13H,11H2,1-3H3,(H,23,24,28). The number of fused-ring (bicyclic) bond motifs is 1. The smallest absolute Gasteiger partial charge is 0.236 e. The molecule has 2 aromatic carbocycles. The molecule has 0 saturated carbocycles. The Labute approximate surface area is 192 Å². The molecule has 0 saturated heterocycles. The first-order valence-electron chi connectivity index (χ1n) is 9.51. The van der Waals surface area contributed by atoms with E-state index in [1.807, 2.05) is 61.9 Å². The highest BCUT2D eigenvalue weighted by molar-refractivity contribution is 7.99. The average molecular weight is 474 g/mol. The third-order valence-electron chi connectivity index (χ3n) is 4.50. The fourth-order valence-electron chi connectivity index (χ4n) is 2.96. The molecule has 1 N–H and O–H groups in total. The van der Waals surface area contributed by atoms with E-state index < -0.39 is 0 Å². The number of aryl methyl sites for hydroxylation is 1. The van der Waals surface area contributed by atoms with E-state index in [-0.39, 0.29) is 17.8 Å². The highest BCUT2D eigenvalue weighted by Gasteiger charge is 2.19. The maximum atomic E-state index is 12.4. The number of carbonyl (C=O) groups is 1. The third kappa shape index (κ3) is 5.00. The molecule has 0 aliphatic heterocycles. The molecule has 2 aromatic heterocycles. The molecule has 1 unspecified atom stereocenters. The minimum Gasteiger partial charge on any atom is -0.481 e. The Kier molecular flexibility index (Phi) is 6.45. The number of nitrogens with one attached hydrogen (secondary N) is 1. The summed E-state index contributed by atoms with van der Waals surface area (Å²) in [4.78, 5) is 16.8. The van der Waals surface area contributed by atoms with Gasteiger partial charge in [-0.25, -0.2) is 4.98 Å². The van der Waals surface area contributed by atoms with E-state index in [9.17, 15) is 4.79 Å². The first kappa shape index (κ1) is 21.6.